The first-order valence-electron chi connectivity index (χ1n) is 6.62. The van der Waals surface area contributed by atoms with E-state index in [1.54, 1.807) is 6.33 Å². The monoisotopic (exact) mass is 269 g/mol. The fourth-order valence-electron chi connectivity index (χ4n) is 2.50. The summed E-state index contributed by atoms with van der Waals surface area (Å²) in [5.74, 6) is 2.19. The van der Waals surface area contributed by atoms with Crippen LogP contribution in [-0.4, -0.2) is 35.0 Å². The molecule has 5 heteroatoms. The van der Waals surface area contributed by atoms with Gasteiger partial charge in [-0.3, -0.25) is 0 Å². The highest BCUT2D eigenvalue weighted by atomic mass is 35.5. The molecule has 0 amide bonds. The van der Waals surface area contributed by atoms with E-state index in [9.17, 15) is 0 Å². The molecule has 1 aliphatic rings. The van der Waals surface area contributed by atoms with Crippen LogP contribution in [0.15, 0.2) is 12.4 Å². The normalized spacial score (nSPS) is 15.9. The molecular formula is C13H20ClN3O. The first-order chi connectivity index (χ1) is 8.85. The van der Waals surface area contributed by atoms with Gasteiger partial charge in [-0.1, -0.05) is 12.8 Å². The fourth-order valence-corrected chi connectivity index (χ4v) is 2.69. The van der Waals surface area contributed by atoms with E-state index in [0.717, 1.165) is 12.4 Å². The van der Waals surface area contributed by atoms with E-state index in [0.29, 0.717) is 24.4 Å². The SMILES string of the molecule is CCOc1cc(N(CCCl)C2CCCC2)ncn1. The Hall–Kier alpha value is -1.03. The Morgan fingerprint density at radius 1 is 1.39 bits per heavy atom. The lowest BCUT2D eigenvalue weighted by Crippen LogP contribution is -2.35. The molecule has 0 aliphatic heterocycles. The molecule has 1 aromatic rings. The summed E-state index contributed by atoms with van der Waals surface area (Å²) >= 11 is 5.91. The number of nitrogens with zero attached hydrogens (tertiary/aromatic N) is 3. The zero-order valence-corrected chi connectivity index (χ0v) is 11.6. The molecule has 0 atom stereocenters. The van der Waals surface area contributed by atoms with E-state index >= 15 is 0 Å². The minimum Gasteiger partial charge on any atom is -0.478 e. The zero-order chi connectivity index (χ0) is 12.8. The summed E-state index contributed by atoms with van der Waals surface area (Å²) in [5.41, 5.74) is 0. The van der Waals surface area contributed by atoms with Crippen molar-refractivity contribution in [3.8, 4) is 5.88 Å². The van der Waals surface area contributed by atoms with Crippen molar-refractivity contribution in [1.82, 2.24) is 9.97 Å². The van der Waals surface area contributed by atoms with Crippen molar-refractivity contribution in [2.24, 2.45) is 0 Å². The zero-order valence-electron chi connectivity index (χ0n) is 10.8. The molecular weight excluding hydrogens is 250 g/mol. The number of alkyl halides is 1. The molecule has 1 saturated carbocycles. The molecule has 4 nitrogen and oxygen atoms in total. The highest BCUT2D eigenvalue weighted by molar-refractivity contribution is 6.18. The predicted octanol–water partition coefficient (Wildman–Crippen LogP) is 2.86. The number of anilines is 1. The molecule has 0 radical (unpaired) electrons. The first-order valence-corrected chi connectivity index (χ1v) is 7.16. The quantitative estimate of drug-likeness (QED) is 0.745. The maximum Gasteiger partial charge on any atom is 0.218 e. The lowest BCUT2D eigenvalue weighted by molar-refractivity contribution is 0.326. The maximum absolute atomic E-state index is 5.91. The third kappa shape index (κ3) is 3.25. The van der Waals surface area contributed by atoms with Crippen LogP contribution < -0.4 is 9.64 Å². The van der Waals surface area contributed by atoms with Crippen molar-refractivity contribution in [3.63, 3.8) is 0 Å². The molecule has 0 aromatic carbocycles. The van der Waals surface area contributed by atoms with Gasteiger partial charge in [-0.25, -0.2) is 9.97 Å². The summed E-state index contributed by atoms with van der Waals surface area (Å²) < 4.78 is 5.43. The van der Waals surface area contributed by atoms with Crippen molar-refractivity contribution in [3.05, 3.63) is 12.4 Å². The number of ether oxygens (including phenoxy) is 1. The molecule has 1 heterocycles. The highest BCUT2D eigenvalue weighted by Crippen LogP contribution is 2.28. The van der Waals surface area contributed by atoms with Gasteiger partial charge in [0.2, 0.25) is 5.88 Å². The van der Waals surface area contributed by atoms with Crippen LogP contribution in [0.25, 0.3) is 0 Å². The van der Waals surface area contributed by atoms with Crippen molar-refractivity contribution < 1.29 is 4.74 Å². The second-order valence-electron chi connectivity index (χ2n) is 4.47. The van der Waals surface area contributed by atoms with Gasteiger partial charge in [-0.15, -0.1) is 11.6 Å². The lowest BCUT2D eigenvalue weighted by Gasteiger charge is -2.29. The molecule has 0 spiro atoms. The van der Waals surface area contributed by atoms with Gasteiger partial charge in [0.1, 0.15) is 12.1 Å². The Balaban J connectivity index is 2.15. The van der Waals surface area contributed by atoms with Gasteiger partial charge in [-0.05, 0) is 19.8 Å². The van der Waals surface area contributed by atoms with Crippen molar-refractivity contribution in [1.29, 1.82) is 0 Å². The van der Waals surface area contributed by atoms with Crippen molar-refractivity contribution in [2.45, 2.75) is 38.6 Å². The van der Waals surface area contributed by atoms with Crippen LogP contribution in [0.5, 0.6) is 5.88 Å². The van der Waals surface area contributed by atoms with Gasteiger partial charge in [0.25, 0.3) is 0 Å². The average Bonchev–Trinajstić information content (AvgIpc) is 2.90. The van der Waals surface area contributed by atoms with E-state index in [1.165, 1.54) is 25.7 Å². The van der Waals surface area contributed by atoms with E-state index in [-0.39, 0.29) is 0 Å². The van der Waals surface area contributed by atoms with Gasteiger partial charge >= 0.3 is 0 Å². The standard InChI is InChI=1S/C13H20ClN3O/c1-2-18-13-9-12(15-10-16-13)17(8-7-14)11-5-3-4-6-11/h9-11H,2-8H2,1H3. The number of rotatable bonds is 6. The van der Waals surface area contributed by atoms with Gasteiger partial charge in [0, 0.05) is 24.5 Å². The van der Waals surface area contributed by atoms with E-state index < -0.39 is 0 Å². The summed E-state index contributed by atoms with van der Waals surface area (Å²) in [5, 5.41) is 0. The maximum atomic E-state index is 5.91. The van der Waals surface area contributed by atoms with Crippen LogP contribution in [0.1, 0.15) is 32.6 Å². The summed E-state index contributed by atoms with van der Waals surface area (Å²) in [6.45, 7) is 3.40. The van der Waals surface area contributed by atoms with Crippen molar-refractivity contribution >= 4 is 17.4 Å². The molecule has 2 rings (SSSR count). The van der Waals surface area contributed by atoms with Crippen LogP contribution >= 0.6 is 11.6 Å². The average molecular weight is 270 g/mol. The summed E-state index contributed by atoms with van der Waals surface area (Å²) in [6, 6.07) is 2.47. The lowest BCUT2D eigenvalue weighted by atomic mass is 10.2. The molecule has 1 fully saturated rings. The molecule has 1 aromatic heterocycles. The molecule has 0 N–H and O–H groups in total. The topological polar surface area (TPSA) is 38.2 Å². The smallest absolute Gasteiger partial charge is 0.218 e. The third-order valence-corrected chi connectivity index (χ3v) is 3.47. The van der Waals surface area contributed by atoms with Gasteiger partial charge in [-0.2, -0.15) is 0 Å². The Labute approximate surface area is 113 Å². The van der Waals surface area contributed by atoms with Gasteiger partial charge in [0.05, 0.1) is 6.61 Å². The Morgan fingerprint density at radius 3 is 2.83 bits per heavy atom. The summed E-state index contributed by atoms with van der Waals surface area (Å²) in [6.07, 6.45) is 6.62. The van der Waals surface area contributed by atoms with Crippen molar-refractivity contribution in [2.75, 3.05) is 23.9 Å². The summed E-state index contributed by atoms with van der Waals surface area (Å²) in [7, 11) is 0. The molecule has 1 aliphatic carbocycles. The number of hydrogen-bond donors (Lipinski definition) is 0. The van der Waals surface area contributed by atoms with E-state index in [4.69, 9.17) is 16.3 Å². The fraction of sp³-hybridized carbons (Fsp3) is 0.692. The molecule has 100 valence electrons. The van der Waals surface area contributed by atoms with Crippen LogP contribution in [0.3, 0.4) is 0 Å². The van der Waals surface area contributed by atoms with Gasteiger partial charge in [0.15, 0.2) is 0 Å². The second kappa shape index (κ2) is 6.78. The largest absolute Gasteiger partial charge is 0.478 e. The number of aromatic nitrogens is 2. The Kier molecular flexibility index (Phi) is 5.05. The Bertz CT molecular complexity index is 369. The molecule has 0 saturated heterocycles. The predicted molar refractivity (Wildman–Crippen MR) is 73.5 cm³/mol. The minimum atomic E-state index is 0.563. The van der Waals surface area contributed by atoms with E-state index in [1.807, 2.05) is 13.0 Å². The second-order valence-corrected chi connectivity index (χ2v) is 4.85. The van der Waals surface area contributed by atoms with Crippen LogP contribution in [0.2, 0.25) is 0 Å². The third-order valence-electron chi connectivity index (χ3n) is 3.30. The van der Waals surface area contributed by atoms with Crippen LogP contribution in [0.4, 0.5) is 5.82 Å². The molecule has 0 bridgehead atoms. The number of hydrogen-bond acceptors (Lipinski definition) is 4. The first kappa shape index (κ1) is 13.4. The minimum absolute atomic E-state index is 0.563. The van der Waals surface area contributed by atoms with Crippen LogP contribution in [0, 0.1) is 0 Å². The van der Waals surface area contributed by atoms with Crippen LogP contribution in [-0.2, 0) is 0 Å². The number of halogens is 1. The summed E-state index contributed by atoms with van der Waals surface area (Å²) in [4.78, 5) is 10.8. The van der Waals surface area contributed by atoms with Gasteiger partial charge < -0.3 is 9.64 Å². The van der Waals surface area contributed by atoms with E-state index in [2.05, 4.69) is 14.9 Å². The Morgan fingerprint density at radius 2 is 2.17 bits per heavy atom. The molecule has 18 heavy (non-hydrogen) atoms. The highest BCUT2D eigenvalue weighted by Gasteiger charge is 2.23. The molecule has 0 unspecified atom stereocenters.